The van der Waals surface area contributed by atoms with Crippen LogP contribution in [-0.2, 0) is 19.1 Å². The number of carbonyl (C=O) groups excluding carboxylic acids is 2. The van der Waals surface area contributed by atoms with E-state index in [1.165, 1.54) is 51.4 Å². The topological polar surface area (TPSA) is 61.8 Å². The number of para-hydroxylation sites is 1. The van der Waals surface area contributed by atoms with Crippen molar-refractivity contribution in [2.45, 2.75) is 97.5 Å². The minimum atomic E-state index is -1.00. The van der Waals surface area contributed by atoms with Crippen molar-refractivity contribution in [3.8, 4) is 5.75 Å². The largest absolute Gasteiger partial charge is 0.486 e. The molecule has 0 aliphatic carbocycles. The summed E-state index contributed by atoms with van der Waals surface area (Å²) < 4.78 is 16.3. The molecule has 0 radical (unpaired) electrons. The molecular formula is C28H44O5. The fraction of sp³-hybridized carbons (Fsp3) is 0.643. The molecule has 5 heteroatoms. The summed E-state index contributed by atoms with van der Waals surface area (Å²) in [4.78, 5) is 24.8. The van der Waals surface area contributed by atoms with Gasteiger partial charge in [0.05, 0.1) is 13.2 Å². The number of rotatable bonds is 19. The SMILES string of the molecule is CCCCCCCCCCC/C=C/C(CC(C(=O)OCC)C(=O)OCC)Oc1ccccc1. The van der Waals surface area contributed by atoms with Crippen LogP contribution < -0.4 is 4.74 Å². The van der Waals surface area contributed by atoms with Crippen molar-refractivity contribution in [2.24, 2.45) is 5.92 Å². The number of benzene rings is 1. The number of allylic oxidation sites excluding steroid dienone is 1. The van der Waals surface area contributed by atoms with Crippen molar-refractivity contribution in [3.63, 3.8) is 0 Å². The molecule has 1 aromatic carbocycles. The molecule has 0 saturated heterocycles. The summed E-state index contributed by atoms with van der Waals surface area (Å²) in [6.07, 6.45) is 16.4. The molecule has 0 aliphatic heterocycles. The van der Waals surface area contributed by atoms with Gasteiger partial charge in [-0.05, 0) is 44.9 Å². The fourth-order valence-electron chi connectivity index (χ4n) is 3.67. The van der Waals surface area contributed by atoms with Crippen molar-refractivity contribution in [2.75, 3.05) is 13.2 Å². The number of esters is 2. The molecular weight excluding hydrogens is 416 g/mol. The lowest BCUT2D eigenvalue weighted by Gasteiger charge is -2.20. The maximum Gasteiger partial charge on any atom is 0.320 e. The first-order chi connectivity index (χ1) is 16.1. The molecule has 0 aromatic heterocycles. The molecule has 0 N–H and O–H groups in total. The Kier molecular flexibility index (Phi) is 16.7. The zero-order valence-corrected chi connectivity index (χ0v) is 20.9. The molecule has 1 unspecified atom stereocenters. The second kappa shape index (κ2) is 19.2. The number of carbonyl (C=O) groups is 2. The van der Waals surface area contributed by atoms with E-state index in [-0.39, 0.29) is 19.6 Å². The normalized spacial score (nSPS) is 12.1. The Morgan fingerprint density at radius 2 is 1.33 bits per heavy atom. The Morgan fingerprint density at radius 1 is 0.788 bits per heavy atom. The van der Waals surface area contributed by atoms with Crippen LogP contribution in [0.1, 0.15) is 91.4 Å². The molecule has 186 valence electrons. The highest BCUT2D eigenvalue weighted by molar-refractivity contribution is 5.95. The predicted molar refractivity (Wildman–Crippen MR) is 133 cm³/mol. The molecule has 0 heterocycles. The van der Waals surface area contributed by atoms with Crippen molar-refractivity contribution in [3.05, 3.63) is 42.5 Å². The van der Waals surface area contributed by atoms with Crippen molar-refractivity contribution >= 4 is 11.9 Å². The third-order valence-electron chi connectivity index (χ3n) is 5.47. The zero-order valence-electron chi connectivity index (χ0n) is 20.9. The number of ether oxygens (including phenoxy) is 3. The number of hydrogen-bond acceptors (Lipinski definition) is 5. The molecule has 1 rings (SSSR count). The summed E-state index contributed by atoms with van der Waals surface area (Å²) in [6.45, 7) is 6.13. The average molecular weight is 461 g/mol. The second-order valence-electron chi connectivity index (χ2n) is 8.31. The first kappa shape index (κ1) is 28.7. The molecule has 0 amide bonds. The summed E-state index contributed by atoms with van der Waals surface area (Å²) >= 11 is 0. The number of unbranched alkanes of at least 4 members (excludes halogenated alkanes) is 9. The summed E-state index contributed by atoms with van der Waals surface area (Å²) in [5, 5.41) is 0. The standard InChI is InChI=1S/C28H44O5/c1-4-7-8-9-10-11-12-13-14-15-17-22-25(33-24-20-18-16-19-21-24)23-26(27(29)31-5-2)28(30)32-6-3/h16-22,25-26H,4-15,23H2,1-3H3/b22-17+. The Bertz CT molecular complexity index is 638. The van der Waals surface area contributed by atoms with Gasteiger partial charge in [0.25, 0.3) is 0 Å². The van der Waals surface area contributed by atoms with Crippen LogP contribution in [0.15, 0.2) is 42.5 Å². The molecule has 1 atom stereocenters. The summed E-state index contributed by atoms with van der Waals surface area (Å²) in [5.74, 6) is -1.44. The van der Waals surface area contributed by atoms with E-state index < -0.39 is 24.0 Å². The Morgan fingerprint density at radius 3 is 1.88 bits per heavy atom. The lowest BCUT2D eigenvalue weighted by atomic mass is 10.0. The molecule has 0 aliphatic rings. The molecule has 1 aromatic rings. The van der Waals surface area contributed by atoms with E-state index in [0.29, 0.717) is 5.75 Å². The zero-order chi connectivity index (χ0) is 24.2. The van der Waals surface area contributed by atoms with Gasteiger partial charge in [-0.2, -0.15) is 0 Å². The van der Waals surface area contributed by atoms with E-state index in [4.69, 9.17) is 14.2 Å². The van der Waals surface area contributed by atoms with Crippen LogP contribution in [0, 0.1) is 5.92 Å². The highest BCUT2D eigenvalue weighted by Gasteiger charge is 2.32. The summed E-state index contributed by atoms with van der Waals surface area (Å²) in [7, 11) is 0. The molecule has 0 spiro atoms. The van der Waals surface area contributed by atoms with Gasteiger partial charge >= 0.3 is 11.9 Å². The lowest BCUT2D eigenvalue weighted by Crippen LogP contribution is -2.32. The van der Waals surface area contributed by atoms with Crippen LogP contribution in [0.3, 0.4) is 0 Å². The summed E-state index contributed by atoms with van der Waals surface area (Å²) in [6, 6.07) is 9.44. The second-order valence-corrected chi connectivity index (χ2v) is 8.31. The van der Waals surface area contributed by atoms with E-state index in [0.717, 1.165) is 12.8 Å². The molecule has 33 heavy (non-hydrogen) atoms. The maximum absolute atomic E-state index is 12.4. The number of hydrogen-bond donors (Lipinski definition) is 0. The monoisotopic (exact) mass is 460 g/mol. The molecule has 5 nitrogen and oxygen atoms in total. The first-order valence-corrected chi connectivity index (χ1v) is 12.8. The van der Waals surface area contributed by atoms with Crippen LogP contribution in [0.2, 0.25) is 0 Å². The van der Waals surface area contributed by atoms with Gasteiger partial charge in [0, 0.05) is 6.42 Å². The van der Waals surface area contributed by atoms with E-state index >= 15 is 0 Å². The van der Waals surface area contributed by atoms with Gasteiger partial charge in [-0.25, -0.2) is 0 Å². The highest BCUT2D eigenvalue weighted by atomic mass is 16.6. The smallest absolute Gasteiger partial charge is 0.320 e. The lowest BCUT2D eigenvalue weighted by molar-refractivity contribution is -0.162. The van der Waals surface area contributed by atoms with E-state index in [1.807, 2.05) is 36.4 Å². The Balaban J connectivity index is 2.60. The van der Waals surface area contributed by atoms with Crippen LogP contribution in [0.4, 0.5) is 0 Å². The van der Waals surface area contributed by atoms with Crippen molar-refractivity contribution < 1.29 is 23.8 Å². The van der Waals surface area contributed by atoms with E-state index in [1.54, 1.807) is 13.8 Å². The average Bonchev–Trinajstić information content (AvgIpc) is 2.81. The van der Waals surface area contributed by atoms with Gasteiger partial charge in [-0.15, -0.1) is 0 Å². The van der Waals surface area contributed by atoms with Crippen LogP contribution in [0.5, 0.6) is 5.75 Å². The Labute approximate surface area is 200 Å². The minimum absolute atomic E-state index is 0.181. The molecule has 0 bridgehead atoms. The minimum Gasteiger partial charge on any atom is -0.486 e. The third-order valence-corrected chi connectivity index (χ3v) is 5.47. The van der Waals surface area contributed by atoms with Crippen LogP contribution >= 0.6 is 0 Å². The van der Waals surface area contributed by atoms with Crippen molar-refractivity contribution in [1.82, 2.24) is 0 Å². The fourth-order valence-corrected chi connectivity index (χ4v) is 3.67. The molecule has 0 fully saturated rings. The van der Waals surface area contributed by atoms with Gasteiger partial charge < -0.3 is 14.2 Å². The maximum atomic E-state index is 12.4. The van der Waals surface area contributed by atoms with Gasteiger partial charge in [-0.1, -0.05) is 82.6 Å². The van der Waals surface area contributed by atoms with E-state index in [9.17, 15) is 9.59 Å². The van der Waals surface area contributed by atoms with Gasteiger partial charge in [0.2, 0.25) is 0 Å². The first-order valence-electron chi connectivity index (χ1n) is 12.8. The van der Waals surface area contributed by atoms with Crippen LogP contribution in [-0.4, -0.2) is 31.3 Å². The summed E-state index contributed by atoms with van der Waals surface area (Å²) in [5.41, 5.74) is 0. The van der Waals surface area contributed by atoms with Gasteiger partial charge in [0.15, 0.2) is 5.92 Å². The quantitative estimate of drug-likeness (QED) is 0.0958. The van der Waals surface area contributed by atoms with Gasteiger partial charge in [-0.3, -0.25) is 9.59 Å². The van der Waals surface area contributed by atoms with Gasteiger partial charge in [0.1, 0.15) is 11.9 Å². The van der Waals surface area contributed by atoms with Crippen LogP contribution in [0.25, 0.3) is 0 Å². The highest BCUT2D eigenvalue weighted by Crippen LogP contribution is 2.20. The van der Waals surface area contributed by atoms with Crippen molar-refractivity contribution in [1.29, 1.82) is 0 Å². The van der Waals surface area contributed by atoms with E-state index in [2.05, 4.69) is 13.0 Å². The third kappa shape index (κ3) is 13.8. The Hall–Kier alpha value is -2.30. The molecule has 0 saturated carbocycles. The predicted octanol–water partition coefficient (Wildman–Crippen LogP) is 7.04.